The van der Waals surface area contributed by atoms with Gasteiger partial charge in [-0.1, -0.05) is 11.8 Å². The van der Waals surface area contributed by atoms with Gasteiger partial charge in [0.15, 0.2) is 0 Å². The number of nitro groups is 1. The number of likely N-dealkylation sites (N-methyl/N-ethyl adjacent to an activating group) is 1. The minimum atomic E-state index is -0.420. The lowest BCUT2D eigenvalue weighted by Gasteiger charge is -2.06. The van der Waals surface area contributed by atoms with Crippen molar-refractivity contribution >= 4 is 29.0 Å². The highest BCUT2D eigenvalue weighted by molar-refractivity contribution is 7.99. The Balaban J connectivity index is 1.98. The molecule has 0 heterocycles. The number of nitrogens with zero attached hydrogens (tertiary/aromatic N) is 1. The van der Waals surface area contributed by atoms with Crippen LogP contribution in [0.1, 0.15) is 0 Å². The first-order chi connectivity index (χ1) is 10.6. The molecule has 0 saturated heterocycles. The quantitative estimate of drug-likeness (QED) is 0.632. The largest absolute Gasteiger partial charge is 0.325 e. The first-order valence-electron chi connectivity index (χ1n) is 6.55. The average Bonchev–Trinajstić information content (AvgIpc) is 2.50. The van der Waals surface area contributed by atoms with E-state index in [4.69, 9.17) is 0 Å². The Morgan fingerprint density at radius 2 is 1.64 bits per heavy atom. The molecule has 7 heteroatoms. The minimum Gasteiger partial charge on any atom is -0.325 e. The Morgan fingerprint density at radius 1 is 1.09 bits per heavy atom. The van der Waals surface area contributed by atoms with E-state index >= 15 is 0 Å². The molecule has 0 radical (unpaired) electrons. The molecular formula is C15H15N3O3S. The van der Waals surface area contributed by atoms with Crippen molar-refractivity contribution in [3.05, 3.63) is 58.6 Å². The third kappa shape index (κ3) is 4.57. The van der Waals surface area contributed by atoms with E-state index in [1.165, 1.54) is 23.9 Å². The number of carbonyl (C=O) groups excluding carboxylic acids is 1. The summed E-state index contributed by atoms with van der Waals surface area (Å²) in [6.07, 6.45) is 0. The molecular weight excluding hydrogens is 302 g/mol. The predicted octanol–water partition coefficient (Wildman–Crippen LogP) is 2.90. The summed E-state index contributed by atoms with van der Waals surface area (Å²) in [5, 5.41) is 16.2. The van der Waals surface area contributed by atoms with Gasteiger partial charge in [-0.05, 0) is 43.4 Å². The van der Waals surface area contributed by atoms with E-state index in [1.807, 2.05) is 24.3 Å². The molecule has 0 aliphatic rings. The summed E-state index contributed by atoms with van der Waals surface area (Å²) in [5.41, 5.74) is 0.806. The van der Waals surface area contributed by atoms with Crippen LogP contribution in [0.3, 0.4) is 0 Å². The second-order valence-corrected chi connectivity index (χ2v) is 5.60. The van der Waals surface area contributed by atoms with Gasteiger partial charge in [0.1, 0.15) is 0 Å². The normalized spacial score (nSPS) is 10.2. The highest BCUT2D eigenvalue weighted by atomic mass is 32.2. The van der Waals surface area contributed by atoms with Crippen molar-refractivity contribution < 1.29 is 9.72 Å². The molecule has 0 saturated carbocycles. The number of hydrogen-bond donors (Lipinski definition) is 2. The maximum Gasteiger partial charge on any atom is 0.269 e. The molecule has 6 nitrogen and oxygen atoms in total. The predicted molar refractivity (Wildman–Crippen MR) is 86.2 cm³/mol. The average molecular weight is 317 g/mol. The second kappa shape index (κ2) is 7.58. The van der Waals surface area contributed by atoms with Crippen LogP contribution in [0.5, 0.6) is 0 Å². The third-order valence-electron chi connectivity index (χ3n) is 2.76. The topological polar surface area (TPSA) is 84.3 Å². The van der Waals surface area contributed by atoms with E-state index in [-0.39, 0.29) is 18.1 Å². The van der Waals surface area contributed by atoms with Crippen LogP contribution in [-0.4, -0.2) is 24.4 Å². The molecule has 0 atom stereocenters. The minimum absolute atomic E-state index is 0.0759. The van der Waals surface area contributed by atoms with Crippen molar-refractivity contribution in [1.82, 2.24) is 5.32 Å². The Bertz CT molecular complexity index is 657. The van der Waals surface area contributed by atoms with Gasteiger partial charge in [0.2, 0.25) is 5.91 Å². The molecule has 0 spiro atoms. The first-order valence-corrected chi connectivity index (χ1v) is 7.37. The smallest absolute Gasteiger partial charge is 0.269 e. The summed E-state index contributed by atoms with van der Waals surface area (Å²) in [6, 6.07) is 13.8. The van der Waals surface area contributed by atoms with E-state index in [0.717, 1.165) is 15.5 Å². The summed E-state index contributed by atoms with van der Waals surface area (Å²) in [7, 11) is 1.71. The van der Waals surface area contributed by atoms with Gasteiger partial charge < -0.3 is 10.6 Å². The molecule has 2 aromatic carbocycles. The Hall–Kier alpha value is -2.38. The number of rotatable bonds is 6. The lowest BCUT2D eigenvalue weighted by atomic mass is 10.3. The van der Waals surface area contributed by atoms with Gasteiger partial charge in [-0.15, -0.1) is 0 Å². The van der Waals surface area contributed by atoms with E-state index < -0.39 is 4.92 Å². The van der Waals surface area contributed by atoms with Crippen molar-refractivity contribution in [1.29, 1.82) is 0 Å². The number of non-ortho nitro benzene ring substituents is 1. The molecule has 0 aliphatic heterocycles. The van der Waals surface area contributed by atoms with Crippen molar-refractivity contribution in [3.63, 3.8) is 0 Å². The zero-order valence-electron chi connectivity index (χ0n) is 11.9. The van der Waals surface area contributed by atoms with Crippen LogP contribution >= 0.6 is 11.8 Å². The molecule has 0 bridgehead atoms. The van der Waals surface area contributed by atoms with Crippen LogP contribution in [0.25, 0.3) is 0 Å². The molecule has 0 aromatic heterocycles. The summed E-state index contributed by atoms with van der Waals surface area (Å²) >= 11 is 1.50. The Kier molecular flexibility index (Phi) is 5.51. The van der Waals surface area contributed by atoms with Gasteiger partial charge in [0, 0.05) is 27.6 Å². The molecule has 2 N–H and O–H groups in total. The van der Waals surface area contributed by atoms with E-state index in [0.29, 0.717) is 0 Å². The van der Waals surface area contributed by atoms with Crippen molar-refractivity contribution in [2.24, 2.45) is 0 Å². The first kappa shape index (κ1) is 16.0. The molecule has 0 aliphatic carbocycles. The van der Waals surface area contributed by atoms with E-state index in [2.05, 4.69) is 10.6 Å². The number of nitrogens with one attached hydrogen (secondary N) is 2. The Morgan fingerprint density at radius 3 is 2.14 bits per heavy atom. The second-order valence-electron chi connectivity index (χ2n) is 4.46. The van der Waals surface area contributed by atoms with Crippen LogP contribution in [0.15, 0.2) is 58.3 Å². The van der Waals surface area contributed by atoms with Gasteiger partial charge in [-0.2, -0.15) is 0 Å². The van der Waals surface area contributed by atoms with E-state index in [9.17, 15) is 14.9 Å². The number of carbonyl (C=O) groups is 1. The number of amides is 1. The molecule has 2 rings (SSSR count). The molecule has 0 unspecified atom stereocenters. The summed E-state index contributed by atoms with van der Waals surface area (Å²) in [4.78, 5) is 23.5. The van der Waals surface area contributed by atoms with Gasteiger partial charge in [-0.25, -0.2) is 0 Å². The monoisotopic (exact) mass is 317 g/mol. The van der Waals surface area contributed by atoms with Crippen molar-refractivity contribution in [2.45, 2.75) is 9.79 Å². The van der Waals surface area contributed by atoms with Crippen LogP contribution in [-0.2, 0) is 4.79 Å². The van der Waals surface area contributed by atoms with Crippen molar-refractivity contribution in [2.75, 3.05) is 18.9 Å². The highest BCUT2D eigenvalue weighted by Gasteiger charge is 2.05. The fourth-order valence-electron chi connectivity index (χ4n) is 1.74. The maximum absolute atomic E-state index is 11.4. The number of nitro benzene ring substituents is 1. The van der Waals surface area contributed by atoms with Gasteiger partial charge in [0.25, 0.3) is 5.69 Å². The van der Waals surface area contributed by atoms with Crippen LogP contribution in [0.2, 0.25) is 0 Å². The SMILES string of the molecule is CNCC(=O)Nc1ccc(Sc2ccc([N+](=O)[O-])cc2)cc1. The molecule has 1 amide bonds. The Labute approximate surface area is 132 Å². The van der Waals surface area contributed by atoms with E-state index in [1.54, 1.807) is 19.2 Å². The van der Waals surface area contributed by atoms with Crippen LogP contribution < -0.4 is 10.6 Å². The molecule has 0 fully saturated rings. The van der Waals surface area contributed by atoms with Crippen LogP contribution in [0.4, 0.5) is 11.4 Å². The lowest BCUT2D eigenvalue weighted by Crippen LogP contribution is -2.24. The fourth-order valence-corrected chi connectivity index (χ4v) is 2.56. The summed E-state index contributed by atoms with van der Waals surface area (Å²) < 4.78 is 0. The highest BCUT2D eigenvalue weighted by Crippen LogP contribution is 2.29. The van der Waals surface area contributed by atoms with Gasteiger partial charge in [-0.3, -0.25) is 14.9 Å². The fraction of sp³-hybridized carbons (Fsp3) is 0.133. The summed E-state index contributed by atoms with van der Waals surface area (Å²) in [6.45, 7) is 0.263. The van der Waals surface area contributed by atoms with Gasteiger partial charge in [0.05, 0.1) is 11.5 Å². The molecule has 114 valence electrons. The van der Waals surface area contributed by atoms with Crippen molar-refractivity contribution in [3.8, 4) is 0 Å². The standard InChI is InChI=1S/C15H15N3O3S/c1-16-10-15(19)17-11-2-6-13(7-3-11)22-14-8-4-12(5-9-14)18(20)21/h2-9,16H,10H2,1H3,(H,17,19). The third-order valence-corrected chi connectivity index (χ3v) is 3.77. The number of anilines is 1. The summed E-state index contributed by atoms with van der Waals surface area (Å²) in [5.74, 6) is -0.0988. The number of benzene rings is 2. The molecule has 2 aromatic rings. The van der Waals surface area contributed by atoms with Crippen LogP contribution in [0, 0.1) is 10.1 Å². The maximum atomic E-state index is 11.4. The lowest BCUT2D eigenvalue weighted by molar-refractivity contribution is -0.384. The zero-order valence-corrected chi connectivity index (χ0v) is 12.7. The zero-order chi connectivity index (χ0) is 15.9. The number of hydrogen-bond acceptors (Lipinski definition) is 5. The molecule has 22 heavy (non-hydrogen) atoms. The van der Waals surface area contributed by atoms with Gasteiger partial charge >= 0.3 is 0 Å².